The van der Waals surface area contributed by atoms with E-state index in [0.29, 0.717) is 24.7 Å². The molecule has 0 aliphatic rings. The van der Waals surface area contributed by atoms with E-state index in [2.05, 4.69) is 52.4 Å². The van der Waals surface area contributed by atoms with Gasteiger partial charge in [-0.2, -0.15) is 0 Å². The number of nitrogens with one attached hydrogen (secondary N) is 1. The van der Waals surface area contributed by atoms with Gasteiger partial charge in [-0.25, -0.2) is 0 Å². The van der Waals surface area contributed by atoms with Crippen LogP contribution in [0.15, 0.2) is 65.1 Å². The Balaban J connectivity index is 1.70. The van der Waals surface area contributed by atoms with Crippen molar-refractivity contribution >= 4 is 21.6 Å². The number of anilines is 1. The molecule has 3 aromatic carbocycles. The molecule has 4 nitrogen and oxygen atoms in total. The van der Waals surface area contributed by atoms with Crippen LogP contribution in [-0.2, 0) is 13.2 Å². The third kappa shape index (κ3) is 5.17. The molecule has 0 aliphatic heterocycles. The van der Waals surface area contributed by atoms with E-state index in [4.69, 9.17) is 9.47 Å². The first-order valence-electron chi connectivity index (χ1n) is 8.63. The number of rotatable bonds is 7. The minimum atomic E-state index is 0.249. The molecule has 2 N–H and O–H groups in total. The van der Waals surface area contributed by atoms with Crippen LogP contribution in [0.3, 0.4) is 0 Å². The standard InChI is InChI=1S/C22H22BrNO3/c1-15-3-5-16(6-4-15)14-27-22-12-20(23)17(11-21(22)26-2)13-24-18-7-9-19(25)10-8-18/h3-12,24-25H,13-14H2,1-2H3. The predicted molar refractivity (Wildman–Crippen MR) is 112 cm³/mol. The molecule has 0 saturated heterocycles. The molecule has 0 amide bonds. The van der Waals surface area contributed by atoms with Crippen molar-refractivity contribution in [3.8, 4) is 17.2 Å². The van der Waals surface area contributed by atoms with Crippen LogP contribution in [0.2, 0.25) is 0 Å². The van der Waals surface area contributed by atoms with Gasteiger partial charge in [0.05, 0.1) is 7.11 Å². The van der Waals surface area contributed by atoms with Crippen molar-refractivity contribution in [3.63, 3.8) is 0 Å². The quantitative estimate of drug-likeness (QED) is 0.477. The molecule has 0 spiro atoms. The Morgan fingerprint density at radius 2 is 1.67 bits per heavy atom. The molecule has 0 aromatic heterocycles. The fraction of sp³-hybridized carbons (Fsp3) is 0.182. The molecule has 0 aliphatic carbocycles. The zero-order valence-electron chi connectivity index (χ0n) is 15.3. The summed E-state index contributed by atoms with van der Waals surface area (Å²) >= 11 is 3.62. The number of methoxy groups -OCH3 is 1. The van der Waals surface area contributed by atoms with E-state index in [-0.39, 0.29) is 5.75 Å². The van der Waals surface area contributed by atoms with E-state index in [1.54, 1.807) is 19.2 Å². The van der Waals surface area contributed by atoms with Crippen molar-refractivity contribution in [2.75, 3.05) is 12.4 Å². The second-order valence-electron chi connectivity index (χ2n) is 6.27. The average Bonchev–Trinajstić information content (AvgIpc) is 2.68. The Hall–Kier alpha value is -2.66. The van der Waals surface area contributed by atoms with E-state index < -0.39 is 0 Å². The lowest BCUT2D eigenvalue weighted by atomic mass is 10.1. The van der Waals surface area contributed by atoms with E-state index in [0.717, 1.165) is 21.3 Å². The summed E-state index contributed by atoms with van der Waals surface area (Å²) in [6.45, 7) is 3.16. The van der Waals surface area contributed by atoms with Gasteiger partial charge in [0.1, 0.15) is 12.4 Å². The maximum absolute atomic E-state index is 9.37. The summed E-state index contributed by atoms with van der Waals surface area (Å²) in [6, 6.07) is 19.1. The van der Waals surface area contributed by atoms with Gasteiger partial charge >= 0.3 is 0 Å². The van der Waals surface area contributed by atoms with Gasteiger partial charge in [0.15, 0.2) is 11.5 Å². The Labute approximate surface area is 167 Å². The summed E-state index contributed by atoms with van der Waals surface area (Å²) in [4.78, 5) is 0. The topological polar surface area (TPSA) is 50.7 Å². The Morgan fingerprint density at radius 3 is 2.33 bits per heavy atom. The third-order valence-corrected chi connectivity index (χ3v) is 4.94. The first-order chi connectivity index (χ1) is 13.0. The van der Waals surface area contributed by atoms with Crippen LogP contribution in [0.25, 0.3) is 0 Å². The van der Waals surface area contributed by atoms with Gasteiger partial charge in [-0.05, 0) is 54.4 Å². The maximum atomic E-state index is 9.37. The fourth-order valence-electron chi connectivity index (χ4n) is 2.61. The highest BCUT2D eigenvalue weighted by Crippen LogP contribution is 2.34. The van der Waals surface area contributed by atoms with Gasteiger partial charge in [-0.3, -0.25) is 0 Å². The summed E-state index contributed by atoms with van der Waals surface area (Å²) in [7, 11) is 1.64. The van der Waals surface area contributed by atoms with E-state index in [1.807, 2.05) is 24.3 Å². The summed E-state index contributed by atoms with van der Waals surface area (Å²) < 4.78 is 12.4. The highest BCUT2D eigenvalue weighted by Gasteiger charge is 2.11. The summed E-state index contributed by atoms with van der Waals surface area (Å²) in [6.07, 6.45) is 0. The van der Waals surface area contributed by atoms with E-state index >= 15 is 0 Å². The van der Waals surface area contributed by atoms with Crippen LogP contribution in [-0.4, -0.2) is 12.2 Å². The van der Waals surface area contributed by atoms with Crippen molar-refractivity contribution in [2.45, 2.75) is 20.1 Å². The van der Waals surface area contributed by atoms with Gasteiger partial charge in [0.25, 0.3) is 0 Å². The second-order valence-corrected chi connectivity index (χ2v) is 7.12. The van der Waals surface area contributed by atoms with Gasteiger partial charge in [0, 0.05) is 16.7 Å². The average molecular weight is 428 g/mol. The third-order valence-electron chi connectivity index (χ3n) is 4.20. The highest BCUT2D eigenvalue weighted by atomic mass is 79.9. The lowest BCUT2D eigenvalue weighted by Crippen LogP contribution is -2.03. The normalized spacial score (nSPS) is 10.5. The number of phenolic OH excluding ortho intramolecular Hbond substituents is 1. The molecule has 0 fully saturated rings. The molecular weight excluding hydrogens is 406 g/mol. The zero-order valence-corrected chi connectivity index (χ0v) is 16.9. The molecule has 0 atom stereocenters. The largest absolute Gasteiger partial charge is 0.508 e. The van der Waals surface area contributed by atoms with Gasteiger partial charge in [-0.1, -0.05) is 45.8 Å². The molecule has 0 radical (unpaired) electrons. The molecule has 140 valence electrons. The summed E-state index contributed by atoms with van der Waals surface area (Å²) in [5, 5.41) is 12.7. The fourth-order valence-corrected chi connectivity index (χ4v) is 3.07. The molecule has 27 heavy (non-hydrogen) atoms. The van der Waals surface area contributed by atoms with Gasteiger partial charge in [0.2, 0.25) is 0 Å². The number of benzene rings is 3. The van der Waals surface area contributed by atoms with Crippen molar-refractivity contribution in [3.05, 3.63) is 81.8 Å². The van der Waals surface area contributed by atoms with Crippen LogP contribution in [0, 0.1) is 6.92 Å². The van der Waals surface area contributed by atoms with Crippen LogP contribution < -0.4 is 14.8 Å². The summed E-state index contributed by atoms with van der Waals surface area (Å²) in [5.41, 5.74) is 4.31. The van der Waals surface area contributed by atoms with Crippen LogP contribution in [0.1, 0.15) is 16.7 Å². The van der Waals surface area contributed by atoms with Crippen LogP contribution in [0.4, 0.5) is 5.69 Å². The molecule has 0 heterocycles. The van der Waals surface area contributed by atoms with Gasteiger partial charge in [-0.15, -0.1) is 0 Å². The molecule has 3 aromatic rings. The number of aryl methyl sites for hydroxylation is 1. The predicted octanol–water partition coefficient (Wildman–Crippen LogP) is 5.66. The van der Waals surface area contributed by atoms with Crippen molar-refractivity contribution in [1.82, 2.24) is 0 Å². The number of aromatic hydroxyl groups is 1. The van der Waals surface area contributed by atoms with Crippen LogP contribution in [0.5, 0.6) is 17.2 Å². The molecule has 0 bridgehead atoms. The smallest absolute Gasteiger partial charge is 0.162 e. The number of hydrogen-bond donors (Lipinski definition) is 2. The molecule has 0 unspecified atom stereocenters. The Kier molecular flexibility index (Phi) is 6.24. The SMILES string of the molecule is COc1cc(CNc2ccc(O)cc2)c(Br)cc1OCc1ccc(C)cc1. The maximum Gasteiger partial charge on any atom is 0.162 e. The first kappa shape index (κ1) is 19.1. The zero-order chi connectivity index (χ0) is 19.2. The molecular formula is C22H22BrNO3. The number of halogens is 1. The molecule has 3 rings (SSSR count). The summed E-state index contributed by atoms with van der Waals surface area (Å²) in [5.74, 6) is 1.63. The van der Waals surface area contributed by atoms with E-state index in [9.17, 15) is 5.11 Å². The molecule has 0 saturated carbocycles. The van der Waals surface area contributed by atoms with Crippen molar-refractivity contribution in [1.29, 1.82) is 0 Å². The highest BCUT2D eigenvalue weighted by molar-refractivity contribution is 9.10. The minimum absolute atomic E-state index is 0.249. The Bertz CT molecular complexity index is 893. The van der Waals surface area contributed by atoms with Crippen molar-refractivity contribution < 1.29 is 14.6 Å². The lowest BCUT2D eigenvalue weighted by Gasteiger charge is -2.15. The van der Waals surface area contributed by atoms with E-state index in [1.165, 1.54) is 5.56 Å². The van der Waals surface area contributed by atoms with Gasteiger partial charge < -0.3 is 19.9 Å². The van der Waals surface area contributed by atoms with Crippen molar-refractivity contribution in [2.24, 2.45) is 0 Å². The minimum Gasteiger partial charge on any atom is -0.508 e. The number of ether oxygens (including phenoxy) is 2. The number of phenols is 1. The second kappa shape index (κ2) is 8.82. The molecule has 5 heteroatoms. The lowest BCUT2D eigenvalue weighted by molar-refractivity contribution is 0.284. The monoisotopic (exact) mass is 427 g/mol. The Morgan fingerprint density at radius 1 is 0.963 bits per heavy atom. The number of hydrogen-bond acceptors (Lipinski definition) is 4. The van der Waals surface area contributed by atoms with Crippen LogP contribution >= 0.6 is 15.9 Å². The first-order valence-corrected chi connectivity index (χ1v) is 9.42.